The number of carboxylic acids is 1. The maximum absolute atomic E-state index is 12.0. The van der Waals surface area contributed by atoms with E-state index in [1.807, 2.05) is 0 Å². The Hall–Kier alpha value is -2.41. The highest BCUT2D eigenvalue weighted by Crippen LogP contribution is 2.14. The molecule has 110 valence electrons. The summed E-state index contributed by atoms with van der Waals surface area (Å²) in [5, 5.41) is 20.9. The van der Waals surface area contributed by atoms with Gasteiger partial charge in [-0.25, -0.2) is 9.78 Å². The van der Waals surface area contributed by atoms with Crippen molar-refractivity contribution in [3.8, 4) is 5.75 Å². The van der Waals surface area contributed by atoms with E-state index in [1.54, 1.807) is 24.6 Å². The number of benzene rings is 1. The second-order valence-electron chi connectivity index (χ2n) is 4.50. The molecule has 0 fully saturated rings. The minimum absolute atomic E-state index is 0.106. The van der Waals surface area contributed by atoms with Gasteiger partial charge in [0.25, 0.3) is 5.91 Å². The van der Waals surface area contributed by atoms with Crippen LogP contribution in [-0.4, -0.2) is 33.1 Å². The molecule has 0 aliphatic rings. The van der Waals surface area contributed by atoms with Gasteiger partial charge in [0.2, 0.25) is 0 Å². The Morgan fingerprint density at radius 2 is 2.00 bits per heavy atom. The molecule has 0 saturated carbocycles. The van der Waals surface area contributed by atoms with E-state index < -0.39 is 17.9 Å². The topological polar surface area (TPSA) is 99.5 Å². The molecule has 1 atom stereocenters. The molecule has 0 spiro atoms. The number of nitrogens with zero attached hydrogens (tertiary/aromatic N) is 1. The van der Waals surface area contributed by atoms with Crippen molar-refractivity contribution in [3.63, 3.8) is 0 Å². The zero-order valence-corrected chi connectivity index (χ0v) is 12.1. The van der Waals surface area contributed by atoms with E-state index in [9.17, 15) is 19.8 Å². The Bertz CT molecular complexity index is 651. The number of carbonyl (C=O) groups excluding carboxylic acids is 1. The fourth-order valence-corrected chi connectivity index (χ4v) is 2.52. The lowest BCUT2D eigenvalue weighted by Gasteiger charge is -2.14. The zero-order chi connectivity index (χ0) is 15.4. The van der Waals surface area contributed by atoms with E-state index in [2.05, 4.69) is 10.3 Å². The van der Waals surface area contributed by atoms with Gasteiger partial charge in [-0.3, -0.25) is 4.79 Å². The fourth-order valence-electron chi connectivity index (χ4n) is 1.81. The summed E-state index contributed by atoms with van der Waals surface area (Å²) >= 11 is 1.17. The monoisotopic (exact) mass is 306 g/mol. The standard InChI is InChI=1S/C14H14N2O4S/c1-8-12(21-7-15-8)13(18)16-11(14(19)20)6-9-2-4-10(17)5-3-9/h2-5,7,11,17H,6H2,1H3,(H,16,18)(H,19,20). The van der Waals surface area contributed by atoms with Gasteiger partial charge in [0.05, 0.1) is 11.2 Å². The normalized spacial score (nSPS) is 11.9. The molecule has 3 N–H and O–H groups in total. The van der Waals surface area contributed by atoms with Gasteiger partial charge in [0.1, 0.15) is 16.7 Å². The van der Waals surface area contributed by atoms with Crippen molar-refractivity contribution in [2.24, 2.45) is 0 Å². The van der Waals surface area contributed by atoms with E-state index in [-0.39, 0.29) is 12.2 Å². The number of aromatic nitrogens is 1. The highest BCUT2D eigenvalue weighted by Gasteiger charge is 2.22. The number of aromatic hydroxyl groups is 1. The first-order valence-corrected chi connectivity index (χ1v) is 7.07. The highest BCUT2D eigenvalue weighted by molar-refractivity contribution is 7.11. The third-order valence-electron chi connectivity index (χ3n) is 2.93. The number of carboxylic acid groups (broad SMARTS) is 1. The van der Waals surface area contributed by atoms with Crippen LogP contribution in [0.2, 0.25) is 0 Å². The van der Waals surface area contributed by atoms with E-state index >= 15 is 0 Å². The quantitative estimate of drug-likeness (QED) is 0.779. The molecule has 1 unspecified atom stereocenters. The molecule has 0 bridgehead atoms. The molecule has 1 aromatic carbocycles. The van der Waals surface area contributed by atoms with Crippen molar-refractivity contribution >= 4 is 23.2 Å². The van der Waals surface area contributed by atoms with Gasteiger partial charge in [-0.15, -0.1) is 11.3 Å². The van der Waals surface area contributed by atoms with Crippen molar-refractivity contribution in [2.75, 3.05) is 0 Å². The molecule has 7 heteroatoms. The lowest BCUT2D eigenvalue weighted by molar-refractivity contribution is -0.139. The summed E-state index contributed by atoms with van der Waals surface area (Å²) in [4.78, 5) is 27.7. The average molecular weight is 306 g/mol. The molecule has 6 nitrogen and oxygen atoms in total. The third-order valence-corrected chi connectivity index (χ3v) is 3.86. The van der Waals surface area contributed by atoms with Crippen molar-refractivity contribution in [1.82, 2.24) is 10.3 Å². The van der Waals surface area contributed by atoms with Gasteiger partial charge < -0.3 is 15.5 Å². The number of hydrogen-bond donors (Lipinski definition) is 3. The summed E-state index contributed by atoms with van der Waals surface area (Å²) in [7, 11) is 0. The van der Waals surface area contributed by atoms with Crippen LogP contribution in [0.3, 0.4) is 0 Å². The number of rotatable bonds is 5. The minimum Gasteiger partial charge on any atom is -0.508 e. The van der Waals surface area contributed by atoms with Gasteiger partial charge in [-0.1, -0.05) is 12.1 Å². The van der Waals surface area contributed by atoms with Gasteiger partial charge in [-0.05, 0) is 24.6 Å². The van der Waals surface area contributed by atoms with Gasteiger partial charge in [0.15, 0.2) is 0 Å². The number of phenols is 1. The molecule has 1 aromatic heterocycles. The van der Waals surface area contributed by atoms with Gasteiger partial charge in [0, 0.05) is 6.42 Å². The SMILES string of the molecule is Cc1ncsc1C(=O)NC(Cc1ccc(O)cc1)C(=O)O. The summed E-state index contributed by atoms with van der Waals surface area (Å²) in [6.45, 7) is 1.70. The smallest absolute Gasteiger partial charge is 0.326 e. The summed E-state index contributed by atoms with van der Waals surface area (Å²) in [5.74, 6) is -1.45. The number of phenolic OH excluding ortho intramolecular Hbond substituents is 1. The molecule has 2 aromatic rings. The first kappa shape index (κ1) is 15.0. The lowest BCUT2D eigenvalue weighted by atomic mass is 10.1. The number of aryl methyl sites for hydroxylation is 1. The molecule has 0 aliphatic heterocycles. The van der Waals surface area contributed by atoms with Crippen molar-refractivity contribution in [2.45, 2.75) is 19.4 Å². The van der Waals surface area contributed by atoms with Crippen LogP contribution in [0.4, 0.5) is 0 Å². The van der Waals surface area contributed by atoms with Crippen LogP contribution in [0.1, 0.15) is 20.9 Å². The van der Waals surface area contributed by atoms with Crippen LogP contribution < -0.4 is 5.32 Å². The number of carbonyl (C=O) groups is 2. The van der Waals surface area contributed by atoms with Crippen LogP contribution in [0.15, 0.2) is 29.8 Å². The third kappa shape index (κ3) is 3.79. The van der Waals surface area contributed by atoms with Crippen LogP contribution in [0, 0.1) is 6.92 Å². The first-order valence-electron chi connectivity index (χ1n) is 6.19. The minimum atomic E-state index is -1.11. The molecule has 0 saturated heterocycles. The Balaban J connectivity index is 2.09. The van der Waals surface area contributed by atoms with E-state index in [1.165, 1.54) is 23.5 Å². The second-order valence-corrected chi connectivity index (χ2v) is 5.36. The number of thiazole rings is 1. The fraction of sp³-hybridized carbons (Fsp3) is 0.214. The Kier molecular flexibility index (Phi) is 4.54. The maximum atomic E-state index is 12.0. The average Bonchev–Trinajstić information content (AvgIpc) is 2.86. The number of aliphatic carboxylic acids is 1. The summed E-state index contributed by atoms with van der Waals surface area (Å²) in [5.41, 5.74) is 2.83. The van der Waals surface area contributed by atoms with Crippen molar-refractivity contribution < 1.29 is 19.8 Å². The Morgan fingerprint density at radius 1 is 1.33 bits per heavy atom. The molecule has 1 amide bonds. The Morgan fingerprint density at radius 3 is 2.52 bits per heavy atom. The van der Waals surface area contributed by atoms with E-state index in [0.29, 0.717) is 16.1 Å². The number of amides is 1. The Labute approximate surface area is 125 Å². The second kappa shape index (κ2) is 6.36. The van der Waals surface area contributed by atoms with Crippen LogP contribution in [-0.2, 0) is 11.2 Å². The maximum Gasteiger partial charge on any atom is 0.326 e. The molecule has 21 heavy (non-hydrogen) atoms. The van der Waals surface area contributed by atoms with Crippen molar-refractivity contribution in [1.29, 1.82) is 0 Å². The predicted molar refractivity (Wildman–Crippen MR) is 77.6 cm³/mol. The largest absolute Gasteiger partial charge is 0.508 e. The van der Waals surface area contributed by atoms with Crippen molar-refractivity contribution in [3.05, 3.63) is 45.9 Å². The van der Waals surface area contributed by atoms with Crippen LogP contribution in [0.25, 0.3) is 0 Å². The van der Waals surface area contributed by atoms with Gasteiger partial charge in [-0.2, -0.15) is 0 Å². The molecule has 0 radical (unpaired) electrons. The lowest BCUT2D eigenvalue weighted by Crippen LogP contribution is -2.42. The van der Waals surface area contributed by atoms with E-state index in [0.717, 1.165) is 0 Å². The predicted octanol–water partition coefficient (Wildman–Crippen LogP) is 1.58. The summed E-state index contributed by atoms with van der Waals surface area (Å²) < 4.78 is 0. The summed E-state index contributed by atoms with van der Waals surface area (Å²) in [6.07, 6.45) is 0.138. The molecule has 1 heterocycles. The number of nitrogens with one attached hydrogen (secondary N) is 1. The van der Waals surface area contributed by atoms with Crippen LogP contribution in [0.5, 0.6) is 5.75 Å². The van der Waals surface area contributed by atoms with E-state index in [4.69, 9.17) is 0 Å². The molecule has 0 aliphatic carbocycles. The van der Waals surface area contributed by atoms with Crippen LogP contribution >= 0.6 is 11.3 Å². The summed E-state index contributed by atoms with van der Waals surface area (Å²) in [6, 6.07) is 5.15. The zero-order valence-electron chi connectivity index (χ0n) is 11.2. The highest BCUT2D eigenvalue weighted by atomic mass is 32.1. The first-order chi connectivity index (χ1) is 9.97. The molecular formula is C14H14N2O4S. The molecule has 2 rings (SSSR count). The number of hydrogen-bond acceptors (Lipinski definition) is 5. The van der Waals surface area contributed by atoms with Gasteiger partial charge >= 0.3 is 5.97 Å². The molecular weight excluding hydrogens is 292 g/mol.